The van der Waals surface area contributed by atoms with Gasteiger partial charge in [-0.1, -0.05) is 24.1 Å². The van der Waals surface area contributed by atoms with E-state index in [9.17, 15) is 10.1 Å². The number of rotatable bonds is 6. The van der Waals surface area contributed by atoms with Crippen LogP contribution < -0.4 is 15.4 Å². The largest absolute Gasteiger partial charge is 0.370 e. The molecule has 2 saturated carbocycles. The highest BCUT2D eigenvalue weighted by molar-refractivity contribution is 5.88. The number of pyridine rings is 2. The van der Waals surface area contributed by atoms with E-state index in [0.29, 0.717) is 17.8 Å². The van der Waals surface area contributed by atoms with Crippen LogP contribution in [-0.4, -0.2) is 35.2 Å². The van der Waals surface area contributed by atoms with Crippen molar-refractivity contribution >= 4 is 22.4 Å². The minimum Gasteiger partial charge on any atom is -0.370 e. The average molecular weight is 470 g/mol. The second kappa shape index (κ2) is 9.73. The average Bonchev–Trinajstić information content (AvgIpc) is 2.86. The SMILES string of the molecule is Cc1ccc(N(CC2CCC2)C2CCC(N(C)c3cc(=O)n(C)c4ccc(C#N)nc34)CC2)cc1. The Morgan fingerprint density at radius 2 is 1.71 bits per heavy atom. The first-order valence-electron chi connectivity index (χ1n) is 12.9. The van der Waals surface area contributed by atoms with Crippen molar-refractivity contribution < 1.29 is 0 Å². The Labute approximate surface area is 207 Å². The van der Waals surface area contributed by atoms with E-state index in [1.165, 1.54) is 30.5 Å². The summed E-state index contributed by atoms with van der Waals surface area (Å²) in [5.74, 6) is 0.823. The molecule has 5 rings (SSSR count). The molecule has 0 atom stereocenters. The normalized spacial score (nSPS) is 20.3. The van der Waals surface area contributed by atoms with E-state index >= 15 is 0 Å². The molecule has 2 aromatic heterocycles. The number of nitrogens with zero attached hydrogens (tertiary/aromatic N) is 5. The molecule has 6 nitrogen and oxygen atoms in total. The van der Waals surface area contributed by atoms with E-state index in [0.717, 1.165) is 54.9 Å². The Bertz CT molecular complexity index is 1290. The number of anilines is 2. The van der Waals surface area contributed by atoms with Crippen LogP contribution in [0.3, 0.4) is 0 Å². The van der Waals surface area contributed by atoms with E-state index in [4.69, 9.17) is 0 Å². The molecule has 2 heterocycles. The zero-order valence-corrected chi connectivity index (χ0v) is 21.1. The molecule has 0 radical (unpaired) electrons. The van der Waals surface area contributed by atoms with Crippen molar-refractivity contribution in [2.45, 2.75) is 64.0 Å². The van der Waals surface area contributed by atoms with Crippen LogP contribution in [0, 0.1) is 24.2 Å². The third-order valence-corrected chi connectivity index (χ3v) is 8.26. The molecule has 0 bridgehead atoms. The molecule has 0 unspecified atom stereocenters. The van der Waals surface area contributed by atoms with E-state index in [1.807, 2.05) is 6.07 Å². The number of hydrogen-bond donors (Lipinski definition) is 0. The summed E-state index contributed by atoms with van der Waals surface area (Å²) in [6.45, 7) is 3.31. The van der Waals surface area contributed by atoms with E-state index in [2.05, 4.69) is 59.1 Å². The van der Waals surface area contributed by atoms with Crippen LogP contribution in [0.4, 0.5) is 11.4 Å². The molecule has 182 valence electrons. The summed E-state index contributed by atoms with van der Waals surface area (Å²) in [6.07, 6.45) is 8.49. The summed E-state index contributed by atoms with van der Waals surface area (Å²) in [7, 11) is 3.83. The molecule has 0 N–H and O–H groups in total. The minimum atomic E-state index is -0.0504. The summed E-state index contributed by atoms with van der Waals surface area (Å²) in [4.78, 5) is 22.2. The monoisotopic (exact) mass is 469 g/mol. The second-order valence-electron chi connectivity index (χ2n) is 10.5. The number of nitriles is 1. The number of fused-ring (bicyclic) bond motifs is 1. The molecule has 35 heavy (non-hydrogen) atoms. The summed E-state index contributed by atoms with van der Waals surface area (Å²) in [5.41, 5.74) is 5.29. The smallest absolute Gasteiger partial charge is 0.252 e. The fourth-order valence-electron chi connectivity index (χ4n) is 5.75. The molecule has 2 fully saturated rings. The van der Waals surface area contributed by atoms with Crippen LogP contribution >= 0.6 is 0 Å². The van der Waals surface area contributed by atoms with Gasteiger partial charge in [0.2, 0.25) is 0 Å². The minimum absolute atomic E-state index is 0.0504. The van der Waals surface area contributed by atoms with E-state index in [-0.39, 0.29) is 5.56 Å². The van der Waals surface area contributed by atoms with Gasteiger partial charge in [0.1, 0.15) is 17.3 Å². The van der Waals surface area contributed by atoms with Crippen molar-refractivity contribution in [3.05, 3.63) is 64.1 Å². The Balaban J connectivity index is 1.36. The van der Waals surface area contributed by atoms with Crippen LogP contribution in [0.1, 0.15) is 56.2 Å². The maximum atomic E-state index is 12.7. The van der Waals surface area contributed by atoms with E-state index in [1.54, 1.807) is 23.7 Å². The van der Waals surface area contributed by atoms with E-state index < -0.39 is 0 Å². The molecule has 0 amide bonds. The fraction of sp³-hybridized carbons (Fsp3) is 0.483. The van der Waals surface area contributed by atoms with Gasteiger partial charge in [-0.3, -0.25) is 4.79 Å². The number of benzene rings is 1. The molecule has 6 heteroatoms. The highest BCUT2D eigenvalue weighted by Crippen LogP contribution is 2.36. The summed E-state index contributed by atoms with van der Waals surface area (Å²) < 4.78 is 1.61. The van der Waals surface area contributed by atoms with Crippen LogP contribution in [0.5, 0.6) is 0 Å². The van der Waals surface area contributed by atoms with Gasteiger partial charge in [-0.05, 0) is 75.6 Å². The maximum absolute atomic E-state index is 12.7. The molecular weight excluding hydrogens is 434 g/mol. The van der Waals surface area contributed by atoms with Crippen molar-refractivity contribution in [3.8, 4) is 6.07 Å². The first-order chi connectivity index (χ1) is 16.9. The quantitative estimate of drug-likeness (QED) is 0.498. The number of aryl methyl sites for hydroxylation is 2. The molecule has 2 aliphatic rings. The summed E-state index contributed by atoms with van der Waals surface area (Å²) in [5, 5.41) is 9.37. The lowest BCUT2D eigenvalue weighted by Gasteiger charge is -2.43. The Morgan fingerprint density at radius 1 is 1.03 bits per heavy atom. The van der Waals surface area contributed by atoms with Crippen molar-refractivity contribution in [2.75, 3.05) is 23.4 Å². The van der Waals surface area contributed by atoms with Crippen LogP contribution in [0.15, 0.2) is 47.3 Å². The van der Waals surface area contributed by atoms with Gasteiger partial charge < -0.3 is 14.4 Å². The highest BCUT2D eigenvalue weighted by atomic mass is 16.1. The Hall–Kier alpha value is -3.33. The van der Waals surface area contributed by atoms with Gasteiger partial charge in [0.25, 0.3) is 5.56 Å². The summed E-state index contributed by atoms with van der Waals surface area (Å²) in [6, 6.07) is 17.3. The van der Waals surface area contributed by atoms with Crippen molar-refractivity contribution in [2.24, 2.45) is 13.0 Å². The Kier molecular flexibility index (Phi) is 6.51. The van der Waals surface area contributed by atoms with Gasteiger partial charge in [-0.25, -0.2) is 4.98 Å². The maximum Gasteiger partial charge on any atom is 0.252 e. The number of aromatic nitrogens is 2. The first kappa shape index (κ1) is 23.4. The van der Waals surface area contributed by atoms with Gasteiger partial charge in [0, 0.05) is 44.5 Å². The first-order valence-corrected chi connectivity index (χ1v) is 12.9. The third kappa shape index (κ3) is 4.65. The predicted octanol–water partition coefficient (Wildman–Crippen LogP) is 5.17. The zero-order chi connectivity index (χ0) is 24.5. The molecule has 0 saturated heterocycles. The molecule has 0 aliphatic heterocycles. The standard InChI is InChI=1S/C29H35N5O/c1-20-7-10-24(11-8-20)34(19-21-5-4-6-21)25-14-12-23(13-15-25)32(2)27-17-28(35)33(3)26-16-9-22(18-30)31-29(26)27/h7-11,16-17,21,23,25H,4-6,12-15,19H2,1-3H3. The lowest BCUT2D eigenvalue weighted by Crippen LogP contribution is -2.46. The van der Waals surface area contributed by atoms with Crippen molar-refractivity contribution in [1.82, 2.24) is 9.55 Å². The molecule has 2 aliphatic carbocycles. The van der Waals surface area contributed by atoms with Crippen LogP contribution in [0.25, 0.3) is 11.0 Å². The van der Waals surface area contributed by atoms with Crippen molar-refractivity contribution in [1.29, 1.82) is 5.26 Å². The zero-order valence-electron chi connectivity index (χ0n) is 21.1. The van der Waals surface area contributed by atoms with Gasteiger partial charge >= 0.3 is 0 Å². The summed E-state index contributed by atoms with van der Waals surface area (Å²) >= 11 is 0. The van der Waals surface area contributed by atoms with Gasteiger partial charge in [0.15, 0.2) is 0 Å². The molecule has 1 aromatic carbocycles. The van der Waals surface area contributed by atoms with Gasteiger partial charge in [0.05, 0.1) is 11.2 Å². The fourth-order valence-corrected chi connectivity index (χ4v) is 5.75. The highest BCUT2D eigenvalue weighted by Gasteiger charge is 2.31. The van der Waals surface area contributed by atoms with Crippen LogP contribution in [-0.2, 0) is 7.05 Å². The van der Waals surface area contributed by atoms with Gasteiger partial charge in [-0.2, -0.15) is 5.26 Å². The van der Waals surface area contributed by atoms with Gasteiger partial charge in [-0.15, -0.1) is 0 Å². The third-order valence-electron chi connectivity index (χ3n) is 8.26. The second-order valence-corrected chi connectivity index (χ2v) is 10.5. The van der Waals surface area contributed by atoms with Crippen molar-refractivity contribution in [3.63, 3.8) is 0 Å². The predicted molar refractivity (Wildman–Crippen MR) is 142 cm³/mol. The number of hydrogen-bond acceptors (Lipinski definition) is 5. The Morgan fingerprint density at radius 3 is 2.34 bits per heavy atom. The molecular formula is C29H35N5O. The topological polar surface area (TPSA) is 65.2 Å². The van der Waals surface area contributed by atoms with Crippen LogP contribution in [0.2, 0.25) is 0 Å². The lowest BCUT2D eigenvalue weighted by atomic mass is 9.83. The molecule has 0 spiro atoms. The molecule has 3 aromatic rings. The lowest BCUT2D eigenvalue weighted by molar-refractivity contribution is 0.291.